The van der Waals surface area contributed by atoms with E-state index in [2.05, 4.69) is 31.1 Å². The Balaban J connectivity index is 1.42. The molecule has 1 saturated carbocycles. The number of anilines is 1. The Bertz CT molecular complexity index is 1260. The molecule has 31 heavy (non-hydrogen) atoms. The van der Waals surface area contributed by atoms with Crippen molar-refractivity contribution in [3.63, 3.8) is 0 Å². The lowest BCUT2D eigenvalue weighted by Crippen LogP contribution is -2.23. The van der Waals surface area contributed by atoms with E-state index >= 15 is 0 Å². The Morgan fingerprint density at radius 3 is 2.65 bits per heavy atom. The van der Waals surface area contributed by atoms with Gasteiger partial charge in [-0.1, -0.05) is 59.2 Å². The molecule has 5 rings (SSSR count). The topological polar surface area (TPSA) is 75.6 Å². The first kappa shape index (κ1) is 20.4. The molecule has 1 unspecified atom stereocenters. The first-order chi connectivity index (χ1) is 15.0. The number of carbonyl (C=O) groups is 1. The molecule has 2 aromatic carbocycles. The molecule has 4 aromatic rings. The van der Waals surface area contributed by atoms with Crippen molar-refractivity contribution in [1.82, 2.24) is 19.7 Å². The van der Waals surface area contributed by atoms with Crippen LogP contribution >= 0.6 is 35.0 Å². The molecule has 0 radical (unpaired) electrons. The molecule has 1 aliphatic rings. The van der Waals surface area contributed by atoms with Gasteiger partial charge in [0.2, 0.25) is 5.91 Å². The van der Waals surface area contributed by atoms with Crippen molar-refractivity contribution in [2.45, 2.75) is 36.2 Å². The molecular weight excluding hydrogens is 453 g/mol. The van der Waals surface area contributed by atoms with Crippen LogP contribution in [-0.2, 0) is 4.79 Å². The highest BCUT2D eigenvalue weighted by Gasteiger charge is 2.32. The minimum absolute atomic E-state index is 0.195. The van der Waals surface area contributed by atoms with Crippen molar-refractivity contribution in [2.24, 2.45) is 0 Å². The SMILES string of the molecule is CC(Sc1nnc(-c2c[nH]c3ccccc23)n1C1CC1)C(=O)Nc1c(Cl)cccc1Cl. The number of amides is 1. The summed E-state index contributed by atoms with van der Waals surface area (Å²) in [5.41, 5.74) is 2.50. The van der Waals surface area contributed by atoms with Crippen LogP contribution in [0.15, 0.2) is 53.8 Å². The fourth-order valence-corrected chi connectivity index (χ4v) is 4.92. The Hall–Kier alpha value is -2.48. The lowest BCUT2D eigenvalue weighted by atomic mass is 10.1. The number of nitrogens with zero attached hydrogens (tertiary/aromatic N) is 3. The summed E-state index contributed by atoms with van der Waals surface area (Å²) in [6, 6.07) is 13.6. The molecule has 6 nitrogen and oxygen atoms in total. The average molecular weight is 472 g/mol. The maximum atomic E-state index is 12.8. The van der Waals surface area contributed by atoms with Crippen LogP contribution in [0.5, 0.6) is 0 Å². The minimum atomic E-state index is -0.412. The third kappa shape index (κ3) is 3.93. The van der Waals surface area contributed by atoms with Crippen molar-refractivity contribution >= 4 is 57.5 Å². The Morgan fingerprint density at radius 2 is 1.90 bits per heavy atom. The van der Waals surface area contributed by atoms with Gasteiger partial charge in [0.15, 0.2) is 11.0 Å². The number of benzene rings is 2. The molecule has 1 atom stereocenters. The Labute approximate surface area is 193 Å². The second-order valence-corrected chi connectivity index (χ2v) is 9.62. The van der Waals surface area contributed by atoms with Crippen LogP contribution < -0.4 is 5.32 Å². The number of nitrogens with one attached hydrogen (secondary N) is 2. The van der Waals surface area contributed by atoms with Crippen molar-refractivity contribution in [3.05, 3.63) is 58.7 Å². The second-order valence-electron chi connectivity index (χ2n) is 7.50. The number of thioether (sulfide) groups is 1. The number of aromatic amines is 1. The van der Waals surface area contributed by atoms with Gasteiger partial charge in [0, 0.05) is 28.7 Å². The molecular formula is C22H19Cl2N5OS. The van der Waals surface area contributed by atoms with E-state index in [1.807, 2.05) is 31.3 Å². The van der Waals surface area contributed by atoms with E-state index in [-0.39, 0.29) is 5.91 Å². The van der Waals surface area contributed by atoms with Gasteiger partial charge >= 0.3 is 0 Å². The van der Waals surface area contributed by atoms with E-state index in [1.54, 1.807) is 18.2 Å². The van der Waals surface area contributed by atoms with Gasteiger partial charge in [-0.05, 0) is 38.0 Å². The number of H-pyrrole nitrogens is 1. The number of rotatable bonds is 6. The number of hydrogen-bond donors (Lipinski definition) is 2. The van der Waals surface area contributed by atoms with Crippen molar-refractivity contribution in [3.8, 4) is 11.4 Å². The molecule has 1 aliphatic carbocycles. The van der Waals surface area contributed by atoms with Crippen LogP contribution in [0.25, 0.3) is 22.3 Å². The van der Waals surface area contributed by atoms with E-state index < -0.39 is 5.25 Å². The molecule has 0 spiro atoms. The van der Waals surface area contributed by atoms with Gasteiger partial charge in [-0.15, -0.1) is 10.2 Å². The lowest BCUT2D eigenvalue weighted by molar-refractivity contribution is -0.115. The zero-order valence-corrected chi connectivity index (χ0v) is 18.9. The van der Waals surface area contributed by atoms with Gasteiger partial charge in [-0.3, -0.25) is 9.36 Å². The highest BCUT2D eigenvalue weighted by molar-refractivity contribution is 8.00. The first-order valence-electron chi connectivity index (χ1n) is 9.96. The molecule has 0 bridgehead atoms. The van der Waals surface area contributed by atoms with Gasteiger partial charge < -0.3 is 10.3 Å². The van der Waals surface area contributed by atoms with E-state index in [0.29, 0.717) is 21.8 Å². The largest absolute Gasteiger partial charge is 0.360 e. The van der Waals surface area contributed by atoms with E-state index in [1.165, 1.54) is 11.8 Å². The first-order valence-corrected chi connectivity index (χ1v) is 11.6. The highest BCUT2D eigenvalue weighted by atomic mass is 35.5. The summed E-state index contributed by atoms with van der Waals surface area (Å²) in [6.45, 7) is 1.84. The predicted molar refractivity (Wildman–Crippen MR) is 126 cm³/mol. The Morgan fingerprint density at radius 1 is 1.16 bits per heavy atom. The highest BCUT2D eigenvalue weighted by Crippen LogP contribution is 2.43. The lowest BCUT2D eigenvalue weighted by Gasteiger charge is -2.14. The van der Waals surface area contributed by atoms with Gasteiger partial charge in [-0.25, -0.2) is 0 Å². The second kappa shape index (κ2) is 8.22. The molecule has 1 amide bonds. The summed E-state index contributed by atoms with van der Waals surface area (Å²) < 4.78 is 2.16. The third-order valence-corrected chi connectivity index (χ3v) is 6.96. The number of para-hydroxylation sites is 2. The fourth-order valence-electron chi connectivity index (χ4n) is 3.51. The number of carbonyl (C=O) groups excluding carboxylic acids is 1. The quantitative estimate of drug-likeness (QED) is 0.328. The molecule has 0 aliphatic heterocycles. The summed E-state index contributed by atoms with van der Waals surface area (Å²) in [5, 5.41) is 14.0. The van der Waals surface area contributed by atoms with Crippen molar-refractivity contribution in [1.29, 1.82) is 0 Å². The van der Waals surface area contributed by atoms with E-state index in [9.17, 15) is 4.79 Å². The average Bonchev–Trinajstić information content (AvgIpc) is 3.38. The van der Waals surface area contributed by atoms with Crippen molar-refractivity contribution in [2.75, 3.05) is 5.32 Å². The van der Waals surface area contributed by atoms with Gasteiger partial charge in [0.25, 0.3) is 0 Å². The molecule has 2 aromatic heterocycles. The monoisotopic (exact) mass is 471 g/mol. The molecule has 2 N–H and O–H groups in total. The van der Waals surface area contributed by atoms with Gasteiger partial charge in [0.05, 0.1) is 21.0 Å². The van der Waals surface area contributed by atoms with E-state index in [0.717, 1.165) is 40.3 Å². The minimum Gasteiger partial charge on any atom is -0.360 e. The summed E-state index contributed by atoms with van der Waals surface area (Å²) in [5.74, 6) is 0.628. The van der Waals surface area contributed by atoms with Gasteiger partial charge in [-0.2, -0.15) is 0 Å². The zero-order valence-electron chi connectivity index (χ0n) is 16.6. The molecule has 158 valence electrons. The van der Waals surface area contributed by atoms with Crippen LogP contribution in [0.2, 0.25) is 10.0 Å². The molecule has 0 saturated heterocycles. The maximum Gasteiger partial charge on any atom is 0.237 e. The molecule has 1 fully saturated rings. The number of halogens is 2. The van der Waals surface area contributed by atoms with E-state index in [4.69, 9.17) is 23.2 Å². The maximum absolute atomic E-state index is 12.8. The fraction of sp³-hybridized carbons (Fsp3) is 0.227. The summed E-state index contributed by atoms with van der Waals surface area (Å²) in [7, 11) is 0. The number of fused-ring (bicyclic) bond motifs is 1. The van der Waals surface area contributed by atoms with Crippen LogP contribution in [0.1, 0.15) is 25.8 Å². The third-order valence-electron chi connectivity index (χ3n) is 5.27. The Kier molecular flexibility index (Phi) is 5.42. The van der Waals surface area contributed by atoms with Crippen LogP contribution in [0.4, 0.5) is 5.69 Å². The molecule has 2 heterocycles. The molecule has 9 heteroatoms. The smallest absolute Gasteiger partial charge is 0.237 e. The van der Waals surface area contributed by atoms with Crippen LogP contribution in [-0.4, -0.2) is 30.9 Å². The van der Waals surface area contributed by atoms with Gasteiger partial charge in [0.1, 0.15) is 0 Å². The standard InChI is InChI=1S/C22H19Cl2N5OS/c1-12(21(30)26-19-16(23)6-4-7-17(19)24)31-22-28-27-20(29(22)13-9-10-13)15-11-25-18-8-3-2-5-14(15)18/h2-8,11-13,25H,9-10H2,1H3,(H,26,30). The van der Waals surface area contributed by atoms with Crippen LogP contribution in [0.3, 0.4) is 0 Å². The summed E-state index contributed by atoms with van der Waals surface area (Å²) in [6.07, 6.45) is 4.13. The normalized spacial score (nSPS) is 14.7. The number of aromatic nitrogens is 4. The zero-order chi connectivity index (χ0) is 21.5. The predicted octanol–water partition coefficient (Wildman–Crippen LogP) is 6.19. The van der Waals surface area contributed by atoms with Crippen molar-refractivity contribution < 1.29 is 4.79 Å². The summed E-state index contributed by atoms with van der Waals surface area (Å²) in [4.78, 5) is 16.1. The summed E-state index contributed by atoms with van der Waals surface area (Å²) >= 11 is 13.8. The number of hydrogen-bond acceptors (Lipinski definition) is 4. The van der Waals surface area contributed by atoms with Crippen LogP contribution in [0, 0.1) is 0 Å².